The maximum Gasteiger partial charge on any atom is 0.276 e. The minimum absolute atomic E-state index is 0.0220. The van der Waals surface area contributed by atoms with Crippen molar-refractivity contribution in [3.63, 3.8) is 0 Å². The molecule has 0 aromatic heterocycles. The average Bonchev–Trinajstić information content (AvgIpc) is 2.96. The highest BCUT2D eigenvalue weighted by Crippen LogP contribution is 2.21. The molecule has 0 saturated carbocycles. The fourth-order valence-electron chi connectivity index (χ4n) is 3.12. The lowest BCUT2D eigenvalue weighted by molar-refractivity contribution is -0.136. The second-order valence-electron chi connectivity index (χ2n) is 6.90. The molecular weight excluding hydrogens is 370 g/mol. The summed E-state index contributed by atoms with van der Waals surface area (Å²) in [6.07, 6.45) is 3.21. The third-order valence-electron chi connectivity index (χ3n) is 4.68. The third kappa shape index (κ3) is 6.34. The Hall–Kier alpha value is -3.35. The molecule has 0 bridgehead atoms. The van der Waals surface area contributed by atoms with Gasteiger partial charge in [0.05, 0.1) is 0 Å². The number of rotatable bonds is 6. The van der Waals surface area contributed by atoms with Gasteiger partial charge in [-0.1, -0.05) is 48.9 Å². The molecule has 7 heteroatoms. The molecule has 29 heavy (non-hydrogen) atoms. The first kappa shape index (κ1) is 20.4. The Morgan fingerprint density at radius 2 is 1.55 bits per heavy atom. The van der Waals surface area contributed by atoms with Gasteiger partial charge in [-0.2, -0.15) is 0 Å². The van der Waals surface area contributed by atoms with E-state index in [1.54, 1.807) is 12.1 Å². The first-order valence-electron chi connectivity index (χ1n) is 9.75. The molecule has 2 N–H and O–H groups in total. The topological polar surface area (TPSA) is 87.7 Å². The number of benzene rings is 2. The van der Waals surface area contributed by atoms with Gasteiger partial charge in [-0.25, -0.2) is 0 Å². The lowest BCUT2D eigenvalue weighted by Gasteiger charge is -2.19. The predicted molar refractivity (Wildman–Crippen MR) is 109 cm³/mol. The standard InChI is InChI=1S/C22H25N3O4/c26-20(15-25-14-6-2-5-9-22(25)28)23-24-21(27)16-29-19-12-10-18(11-13-19)17-7-3-1-4-8-17/h1,3-4,7-8,10-13H,2,5-6,9,14-16H2,(H,23,26)(H,24,27). The van der Waals surface area contributed by atoms with Crippen molar-refractivity contribution >= 4 is 17.7 Å². The molecule has 152 valence electrons. The summed E-state index contributed by atoms with van der Waals surface area (Å²) in [5.41, 5.74) is 6.79. The summed E-state index contributed by atoms with van der Waals surface area (Å²) in [6, 6.07) is 17.4. The quantitative estimate of drug-likeness (QED) is 0.735. The summed E-state index contributed by atoms with van der Waals surface area (Å²) >= 11 is 0. The molecule has 3 rings (SSSR count). The monoisotopic (exact) mass is 395 g/mol. The molecule has 1 aliphatic rings. The van der Waals surface area contributed by atoms with E-state index < -0.39 is 11.8 Å². The van der Waals surface area contributed by atoms with Crippen LogP contribution in [0.4, 0.5) is 0 Å². The summed E-state index contributed by atoms with van der Waals surface area (Å²) in [5.74, 6) is -0.374. The summed E-state index contributed by atoms with van der Waals surface area (Å²) in [5, 5.41) is 0. The van der Waals surface area contributed by atoms with E-state index in [0.29, 0.717) is 18.7 Å². The first-order chi connectivity index (χ1) is 14.1. The Morgan fingerprint density at radius 1 is 0.862 bits per heavy atom. The molecule has 3 amide bonds. The highest BCUT2D eigenvalue weighted by atomic mass is 16.5. The SMILES string of the molecule is O=C(COc1ccc(-c2ccccc2)cc1)NNC(=O)CN1CCCCCC1=O. The lowest BCUT2D eigenvalue weighted by Crippen LogP contribution is -2.48. The molecular formula is C22H25N3O4. The van der Waals surface area contributed by atoms with Crippen LogP contribution in [0, 0.1) is 0 Å². The zero-order chi connectivity index (χ0) is 20.5. The maximum absolute atomic E-state index is 12.0. The number of carbonyl (C=O) groups is 3. The third-order valence-corrected chi connectivity index (χ3v) is 4.68. The van der Waals surface area contributed by atoms with Crippen LogP contribution in [-0.4, -0.2) is 42.3 Å². The zero-order valence-corrected chi connectivity index (χ0v) is 16.2. The molecule has 0 spiro atoms. The number of hydrogen-bond acceptors (Lipinski definition) is 4. The number of ether oxygens (including phenoxy) is 1. The van der Waals surface area contributed by atoms with E-state index >= 15 is 0 Å². The minimum Gasteiger partial charge on any atom is -0.484 e. The Labute approximate surface area is 170 Å². The molecule has 2 aromatic rings. The van der Waals surface area contributed by atoms with Crippen LogP contribution < -0.4 is 15.6 Å². The van der Waals surface area contributed by atoms with Crippen LogP contribution in [0.2, 0.25) is 0 Å². The Bertz CT molecular complexity index is 837. The van der Waals surface area contributed by atoms with Crippen LogP contribution in [-0.2, 0) is 14.4 Å². The van der Waals surface area contributed by atoms with Gasteiger partial charge in [0.25, 0.3) is 11.8 Å². The molecule has 0 atom stereocenters. The van der Waals surface area contributed by atoms with E-state index in [2.05, 4.69) is 10.9 Å². The number of nitrogens with zero attached hydrogens (tertiary/aromatic N) is 1. The molecule has 2 aromatic carbocycles. The largest absolute Gasteiger partial charge is 0.484 e. The number of carbonyl (C=O) groups excluding carboxylic acids is 3. The highest BCUT2D eigenvalue weighted by molar-refractivity contribution is 5.87. The van der Waals surface area contributed by atoms with E-state index in [-0.39, 0.29) is 19.1 Å². The average molecular weight is 395 g/mol. The molecule has 1 fully saturated rings. The Kier molecular flexibility index (Phi) is 7.22. The van der Waals surface area contributed by atoms with Gasteiger partial charge in [-0.05, 0) is 36.1 Å². The second kappa shape index (κ2) is 10.3. The fourth-order valence-corrected chi connectivity index (χ4v) is 3.12. The van der Waals surface area contributed by atoms with E-state index in [0.717, 1.165) is 30.4 Å². The van der Waals surface area contributed by atoms with Gasteiger partial charge in [0.2, 0.25) is 5.91 Å². The number of hydrogen-bond donors (Lipinski definition) is 2. The van der Waals surface area contributed by atoms with Crippen LogP contribution >= 0.6 is 0 Å². The van der Waals surface area contributed by atoms with Gasteiger partial charge in [-0.3, -0.25) is 25.2 Å². The molecule has 0 aliphatic carbocycles. The lowest BCUT2D eigenvalue weighted by atomic mass is 10.1. The van der Waals surface area contributed by atoms with Gasteiger partial charge in [0, 0.05) is 13.0 Å². The van der Waals surface area contributed by atoms with Crippen LogP contribution in [0.25, 0.3) is 11.1 Å². The number of amides is 3. The molecule has 0 radical (unpaired) electrons. The predicted octanol–water partition coefficient (Wildman–Crippen LogP) is 2.28. The van der Waals surface area contributed by atoms with E-state index in [9.17, 15) is 14.4 Å². The smallest absolute Gasteiger partial charge is 0.276 e. The Balaban J connectivity index is 1.39. The van der Waals surface area contributed by atoms with Crippen molar-refractivity contribution in [2.24, 2.45) is 0 Å². The van der Waals surface area contributed by atoms with Gasteiger partial charge < -0.3 is 9.64 Å². The van der Waals surface area contributed by atoms with Gasteiger partial charge in [0.1, 0.15) is 12.3 Å². The normalized spacial score (nSPS) is 14.1. The van der Waals surface area contributed by atoms with Crippen molar-refractivity contribution in [2.45, 2.75) is 25.7 Å². The van der Waals surface area contributed by atoms with Crippen molar-refractivity contribution in [3.05, 3.63) is 54.6 Å². The molecule has 7 nitrogen and oxygen atoms in total. The van der Waals surface area contributed by atoms with Crippen LogP contribution in [0.15, 0.2) is 54.6 Å². The van der Waals surface area contributed by atoms with Crippen LogP contribution in [0.3, 0.4) is 0 Å². The number of nitrogens with one attached hydrogen (secondary N) is 2. The minimum atomic E-state index is -0.479. The molecule has 1 aliphatic heterocycles. The zero-order valence-electron chi connectivity index (χ0n) is 16.2. The molecule has 1 saturated heterocycles. The fraction of sp³-hybridized carbons (Fsp3) is 0.318. The van der Waals surface area contributed by atoms with Crippen molar-refractivity contribution in [1.82, 2.24) is 15.8 Å². The van der Waals surface area contributed by atoms with E-state index in [4.69, 9.17) is 4.74 Å². The van der Waals surface area contributed by atoms with Crippen molar-refractivity contribution in [1.29, 1.82) is 0 Å². The number of hydrazine groups is 1. The summed E-state index contributed by atoms with van der Waals surface area (Å²) in [6.45, 7) is 0.289. The number of likely N-dealkylation sites (tertiary alicyclic amines) is 1. The highest BCUT2D eigenvalue weighted by Gasteiger charge is 2.19. The first-order valence-corrected chi connectivity index (χ1v) is 9.75. The van der Waals surface area contributed by atoms with E-state index in [1.165, 1.54) is 4.90 Å². The van der Waals surface area contributed by atoms with Crippen molar-refractivity contribution in [3.8, 4) is 16.9 Å². The van der Waals surface area contributed by atoms with Crippen molar-refractivity contribution < 1.29 is 19.1 Å². The molecule has 0 unspecified atom stereocenters. The van der Waals surface area contributed by atoms with Gasteiger partial charge in [0.15, 0.2) is 6.61 Å². The van der Waals surface area contributed by atoms with Gasteiger partial charge in [-0.15, -0.1) is 0 Å². The van der Waals surface area contributed by atoms with Crippen LogP contribution in [0.1, 0.15) is 25.7 Å². The maximum atomic E-state index is 12.0. The second-order valence-corrected chi connectivity index (χ2v) is 6.90. The van der Waals surface area contributed by atoms with Crippen molar-refractivity contribution in [2.75, 3.05) is 19.7 Å². The van der Waals surface area contributed by atoms with E-state index in [1.807, 2.05) is 42.5 Å². The van der Waals surface area contributed by atoms with Crippen LogP contribution in [0.5, 0.6) is 5.75 Å². The summed E-state index contributed by atoms with van der Waals surface area (Å²) in [7, 11) is 0. The molecule has 1 heterocycles. The summed E-state index contributed by atoms with van der Waals surface area (Å²) in [4.78, 5) is 37.3. The van der Waals surface area contributed by atoms with Gasteiger partial charge >= 0.3 is 0 Å². The summed E-state index contributed by atoms with van der Waals surface area (Å²) < 4.78 is 5.45. The Morgan fingerprint density at radius 3 is 2.31 bits per heavy atom.